The van der Waals surface area contributed by atoms with Crippen molar-refractivity contribution in [3.8, 4) is 0 Å². The van der Waals surface area contributed by atoms with E-state index < -0.39 is 17.8 Å². The maximum Gasteiger partial charge on any atom is 0.337 e. The molecule has 98 valence electrons. The lowest BCUT2D eigenvalue weighted by molar-refractivity contribution is 0.0697. The van der Waals surface area contributed by atoms with E-state index in [0.29, 0.717) is 0 Å². The minimum absolute atomic E-state index is 0.0787. The molecular weight excluding hydrogens is 239 g/mol. The van der Waals surface area contributed by atoms with Gasteiger partial charge in [0.25, 0.3) is 0 Å². The monoisotopic (exact) mass is 254 g/mol. The van der Waals surface area contributed by atoms with Crippen molar-refractivity contribution in [2.45, 2.75) is 26.3 Å². The maximum absolute atomic E-state index is 13.5. The Morgan fingerprint density at radius 2 is 2.11 bits per heavy atom. The Bertz CT molecular complexity index is 463. The molecule has 0 spiro atoms. The summed E-state index contributed by atoms with van der Waals surface area (Å²) in [5.74, 6) is -2.08. The van der Waals surface area contributed by atoms with Crippen LogP contribution in [-0.4, -0.2) is 23.1 Å². The number of rotatable bonds is 4. The topological polar surface area (TPSA) is 78.4 Å². The fourth-order valence-electron chi connectivity index (χ4n) is 1.30. The van der Waals surface area contributed by atoms with Crippen LogP contribution >= 0.6 is 0 Å². The number of carboxylic acids is 1. The summed E-state index contributed by atoms with van der Waals surface area (Å²) in [6.07, 6.45) is 0.719. The van der Waals surface area contributed by atoms with Crippen molar-refractivity contribution in [1.82, 2.24) is 5.32 Å². The molecule has 1 aromatic rings. The van der Waals surface area contributed by atoms with Gasteiger partial charge >= 0.3 is 12.0 Å². The van der Waals surface area contributed by atoms with Crippen molar-refractivity contribution in [2.75, 3.05) is 5.32 Å². The molecule has 0 aromatic heterocycles. The van der Waals surface area contributed by atoms with Crippen molar-refractivity contribution in [2.24, 2.45) is 0 Å². The van der Waals surface area contributed by atoms with Crippen molar-refractivity contribution >= 4 is 17.7 Å². The van der Waals surface area contributed by atoms with Crippen LogP contribution in [0.3, 0.4) is 0 Å². The summed E-state index contributed by atoms with van der Waals surface area (Å²) >= 11 is 0. The number of carbonyl (C=O) groups is 2. The number of benzene rings is 1. The lowest BCUT2D eigenvalue weighted by Gasteiger charge is -2.14. The molecule has 3 N–H and O–H groups in total. The zero-order valence-corrected chi connectivity index (χ0v) is 10.2. The number of anilines is 1. The maximum atomic E-state index is 13.5. The average molecular weight is 254 g/mol. The lowest BCUT2D eigenvalue weighted by Crippen LogP contribution is -2.36. The normalized spacial score (nSPS) is 11.7. The SMILES string of the molecule is CCC(C)NC(=O)Nc1c(F)cccc1C(=O)O. The minimum Gasteiger partial charge on any atom is -0.478 e. The summed E-state index contributed by atoms with van der Waals surface area (Å²) < 4.78 is 13.5. The Morgan fingerprint density at radius 3 is 2.67 bits per heavy atom. The molecule has 0 saturated carbocycles. The van der Waals surface area contributed by atoms with Crippen LogP contribution in [0.15, 0.2) is 18.2 Å². The number of urea groups is 1. The number of carbonyl (C=O) groups excluding carboxylic acids is 1. The van der Waals surface area contributed by atoms with Gasteiger partial charge in [0.05, 0.1) is 11.3 Å². The molecular formula is C12H15FN2O3. The molecule has 0 fully saturated rings. The zero-order valence-electron chi connectivity index (χ0n) is 10.2. The van der Waals surface area contributed by atoms with Gasteiger partial charge < -0.3 is 15.7 Å². The number of aromatic carboxylic acids is 1. The van der Waals surface area contributed by atoms with Crippen molar-refractivity contribution in [3.63, 3.8) is 0 Å². The molecule has 0 heterocycles. The van der Waals surface area contributed by atoms with Gasteiger partial charge in [0.1, 0.15) is 5.82 Å². The zero-order chi connectivity index (χ0) is 13.7. The van der Waals surface area contributed by atoms with E-state index in [4.69, 9.17) is 5.11 Å². The van der Waals surface area contributed by atoms with Crippen molar-refractivity contribution in [3.05, 3.63) is 29.6 Å². The Morgan fingerprint density at radius 1 is 1.44 bits per heavy atom. The summed E-state index contributed by atoms with van der Waals surface area (Å²) in [6, 6.07) is 2.88. The first-order valence-corrected chi connectivity index (χ1v) is 5.55. The fraction of sp³-hybridized carbons (Fsp3) is 0.333. The molecule has 0 radical (unpaired) electrons. The highest BCUT2D eigenvalue weighted by atomic mass is 19.1. The van der Waals surface area contributed by atoms with Crippen LogP contribution in [0.5, 0.6) is 0 Å². The van der Waals surface area contributed by atoms with Crippen LogP contribution in [-0.2, 0) is 0 Å². The first-order valence-electron chi connectivity index (χ1n) is 5.55. The van der Waals surface area contributed by atoms with Gasteiger partial charge in [-0.3, -0.25) is 0 Å². The van der Waals surface area contributed by atoms with Gasteiger partial charge in [-0.05, 0) is 25.5 Å². The van der Waals surface area contributed by atoms with Gasteiger partial charge in [-0.1, -0.05) is 13.0 Å². The van der Waals surface area contributed by atoms with Crippen LogP contribution in [0.25, 0.3) is 0 Å². The highest BCUT2D eigenvalue weighted by molar-refractivity contribution is 6.00. The summed E-state index contributed by atoms with van der Waals surface area (Å²) in [7, 11) is 0. The first-order chi connectivity index (χ1) is 8.45. The smallest absolute Gasteiger partial charge is 0.337 e. The molecule has 1 rings (SSSR count). The first kappa shape index (κ1) is 14.0. The molecule has 0 saturated heterocycles. The van der Waals surface area contributed by atoms with Gasteiger partial charge in [0.2, 0.25) is 0 Å². The van der Waals surface area contributed by atoms with E-state index in [1.54, 1.807) is 6.92 Å². The molecule has 0 aliphatic rings. The van der Waals surface area contributed by atoms with E-state index in [9.17, 15) is 14.0 Å². The number of hydrogen-bond acceptors (Lipinski definition) is 2. The number of carboxylic acid groups (broad SMARTS) is 1. The van der Waals surface area contributed by atoms with Crippen LogP contribution in [0.1, 0.15) is 30.6 Å². The number of hydrogen-bond donors (Lipinski definition) is 3. The number of nitrogens with one attached hydrogen (secondary N) is 2. The largest absolute Gasteiger partial charge is 0.478 e. The fourth-order valence-corrected chi connectivity index (χ4v) is 1.30. The predicted molar refractivity (Wildman–Crippen MR) is 65.3 cm³/mol. The van der Waals surface area contributed by atoms with Crippen LogP contribution in [0.4, 0.5) is 14.9 Å². The Kier molecular flexibility index (Phi) is 4.65. The third-order valence-electron chi connectivity index (χ3n) is 2.47. The van der Waals surface area contributed by atoms with Crippen LogP contribution in [0, 0.1) is 5.82 Å². The number of para-hydroxylation sites is 1. The summed E-state index contributed by atoms with van der Waals surface area (Å²) in [5.41, 5.74) is -0.611. The molecule has 18 heavy (non-hydrogen) atoms. The molecule has 6 heteroatoms. The highest BCUT2D eigenvalue weighted by Gasteiger charge is 2.16. The van der Waals surface area contributed by atoms with E-state index >= 15 is 0 Å². The third-order valence-corrected chi connectivity index (χ3v) is 2.47. The lowest BCUT2D eigenvalue weighted by atomic mass is 10.1. The summed E-state index contributed by atoms with van der Waals surface area (Å²) in [6.45, 7) is 3.68. The molecule has 1 aromatic carbocycles. The van der Waals surface area contributed by atoms with Gasteiger partial charge in [-0.2, -0.15) is 0 Å². The predicted octanol–water partition coefficient (Wildman–Crippen LogP) is 2.44. The van der Waals surface area contributed by atoms with Gasteiger partial charge in [-0.25, -0.2) is 14.0 Å². The Hall–Kier alpha value is -2.11. The molecule has 1 atom stereocenters. The summed E-state index contributed by atoms with van der Waals surface area (Å²) in [4.78, 5) is 22.4. The van der Waals surface area contributed by atoms with Crippen LogP contribution in [0.2, 0.25) is 0 Å². The third kappa shape index (κ3) is 3.44. The van der Waals surface area contributed by atoms with Gasteiger partial charge in [0.15, 0.2) is 0 Å². The van der Waals surface area contributed by atoms with E-state index in [1.165, 1.54) is 12.1 Å². The molecule has 5 nitrogen and oxygen atoms in total. The average Bonchev–Trinajstić information content (AvgIpc) is 2.31. The number of amides is 2. The second kappa shape index (κ2) is 6.00. The highest BCUT2D eigenvalue weighted by Crippen LogP contribution is 2.19. The standard InChI is InChI=1S/C12H15FN2O3/c1-3-7(2)14-12(18)15-10-8(11(16)17)5-4-6-9(10)13/h4-7H,3H2,1-2H3,(H,16,17)(H2,14,15,18). The Balaban J connectivity index is 2.90. The molecule has 0 aliphatic heterocycles. The van der Waals surface area contributed by atoms with Gasteiger partial charge in [0, 0.05) is 6.04 Å². The number of halogens is 1. The minimum atomic E-state index is -1.30. The van der Waals surface area contributed by atoms with Crippen molar-refractivity contribution in [1.29, 1.82) is 0 Å². The summed E-state index contributed by atoms with van der Waals surface area (Å²) in [5, 5.41) is 13.7. The molecule has 0 bridgehead atoms. The van der Waals surface area contributed by atoms with E-state index in [2.05, 4.69) is 10.6 Å². The quantitative estimate of drug-likeness (QED) is 0.772. The molecule has 0 aliphatic carbocycles. The van der Waals surface area contributed by atoms with E-state index in [1.807, 2.05) is 6.92 Å². The van der Waals surface area contributed by atoms with E-state index in [-0.39, 0.29) is 17.3 Å². The Labute approximate surface area is 104 Å². The van der Waals surface area contributed by atoms with E-state index in [0.717, 1.165) is 12.5 Å². The van der Waals surface area contributed by atoms with Gasteiger partial charge in [-0.15, -0.1) is 0 Å². The van der Waals surface area contributed by atoms with Crippen LogP contribution < -0.4 is 10.6 Å². The molecule has 2 amide bonds. The second-order valence-electron chi connectivity index (χ2n) is 3.88. The van der Waals surface area contributed by atoms with Crippen molar-refractivity contribution < 1.29 is 19.1 Å². The molecule has 1 unspecified atom stereocenters. The second-order valence-corrected chi connectivity index (χ2v) is 3.88.